The number of benzene rings is 1. The quantitative estimate of drug-likeness (QED) is 0.792. The number of ether oxygens (including phenoxy) is 2. The van der Waals surface area contributed by atoms with Gasteiger partial charge in [0.25, 0.3) is 5.91 Å². The van der Waals surface area contributed by atoms with E-state index in [2.05, 4.69) is 10.1 Å². The predicted molar refractivity (Wildman–Crippen MR) is 80.1 cm³/mol. The van der Waals surface area contributed by atoms with Crippen LogP contribution in [0, 0.1) is 11.8 Å². The van der Waals surface area contributed by atoms with Gasteiger partial charge in [0.05, 0.1) is 5.92 Å². The summed E-state index contributed by atoms with van der Waals surface area (Å²) < 4.78 is 33.6. The molecule has 1 aliphatic rings. The maximum atomic E-state index is 12.1. The highest BCUT2D eigenvalue weighted by Crippen LogP contribution is 2.24. The second kappa shape index (κ2) is 8.58. The number of alkyl halides is 2. The normalized spacial score (nSPS) is 16.6. The van der Waals surface area contributed by atoms with Crippen molar-refractivity contribution < 1.29 is 33.0 Å². The van der Waals surface area contributed by atoms with Crippen molar-refractivity contribution in [2.24, 2.45) is 11.8 Å². The van der Waals surface area contributed by atoms with Crippen LogP contribution in [0.4, 0.5) is 8.78 Å². The van der Waals surface area contributed by atoms with Crippen molar-refractivity contribution in [3.8, 4) is 5.75 Å². The molecule has 1 saturated heterocycles. The number of carboxylic acids is 1. The van der Waals surface area contributed by atoms with E-state index >= 15 is 0 Å². The van der Waals surface area contributed by atoms with Crippen LogP contribution in [-0.2, 0) is 9.53 Å². The van der Waals surface area contributed by atoms with E-state index in [1.165, 1.54) is 24.3 Å². The molecule has 0 aliphatic carbocycles. The molecule has 1 amide bonds. The molecule has 1 fully saturated rings. The first-order valence-electron chi connectivity index (χ1n) is 7.61. The van der Waals surface area contributed by atoms with E-state index in [-0.39, 0.29) is 23.8 Å². The molecular formula is C16H19F2NO5. The third kappa shape index (κ3) is 5.16. The van der Waals surface area contributed by atoms with E-state index in [9.17, 15) is 23.5 Å². The lowest BCUT2D eigenvalue weighted by atomic mass is 9.86. The average molecular weight is 343 g/mol. The molecule has 1 unspecified atom stereocenters. The van der Waals surface area contributed by atoms with Crippen molar-refractivity contribution in [1.29, 1.82) is 0 Å². The fourth-order valence-electron chi connectivity index (χ4n) is 2.67. The Bertz CT molecular complexity index is 558. The van der Waals surface area contributed by atoms with Gasteiger partial charge in [-0.05, 0) is 43.0 Å². The fourth-order valence-corrected chi connectivity index (χ4v) is 2.67. The Balaban J connectivity index is 1.91. The second-order valence-corrected chi connectivity index (χ2v) is 5.51. The van der Waals surface area contributed by atoms with Gasteiger partial charge in [0.2, 0.25) is 0 Å². The van der Waals surface area contributed by atoms with E-state index in [0.717, 1.165) is 0 Å². The number of carbonyl (C=O) groups excluding carboxylic acids is 1. The molecule has 0 aromatic heterocycles. The van der Waals surface area contributed by atoms with Crippen LogP contribution in [0.2, 0.25) is 0 Å². The molecule has 1 atom stereocenters. The Morgan fingerprint density at radius 1 is 1.25 bits per heavy atom. The summed E-state index contributed by atoms with van der Waals surface area (Å²) >= 11 is 0. The summed E-state index contributed by atoms with van der Waals surface area (Å²) in [6.45, 7) is -1.88. The van der Waals surface area contributed by atoms with E-state index in [1.807, 2.05) is 0 Å². The number of nitrogens with one attached hydrogen (secondary N) is 1. The first-order valence-corrected chi connectivity index (χ1v) is 7.61. The van der Waals surface area contributed by atoms with Gasteiger partial charge in [0.15, 0.2) is 0 Å². The molecule has 0 spiro atoms. The van der Waals surface area contributed by atoms with Crippen LogP contribution in [0.3, 0.4) is 0 Å². The van der Waals surface area contributed by atoms with Crippen molar-refractivity contribution in [2.75, 3.05) is 19.8 Å². The van der Waals surface area contributed by atoms with Crippen LogP contribution >= 0.6 is 0 Å². The molecule has 0 radical (unpaired) electrons. The predicted octanol–water partition coefficient (Wildman–Crippen LogP) is 2.15. The molecule has 1 aromatic rings. The van der Waals surface area contributed by atoms with Crippen molar-refractivity contribution in [1.82, 2.24) is 5.32 Å². The largest absolute Gasteiger partial charge is 0.481 e. The Morgan fingerprint density at radius 2 is 1.88 bits per heavy atom. The summed E-state index contributed by atoms with van der Waals surface area (Å²) in [5, 5.41) is 11.9. The molecule has 2 rings (SSSR count). The number of rotatable bonds is 7. The standard InChI is InChI=1S/C16H19F2NO5/c17-16(18)24-12-3-1-11(2-4-12)14(20)19-9-13(15(21)22)10-5-7-23-8-6-10/h1-4,10,13,16H,5-9H2,(H,19,20)(H,21,22). The lowest BCUT2D eigenvalue weighted by molar-refractivity contribution is -0.144. The minimum atomic E-state index is -2.93. The van der Waals surface area contributed by atoms with Crippen molar-refractivity contribution in [2.45, 2.75) is 19.5 Å². The first kappa shape index (κ1) is 18.1. The van der Waals surface area contributed by atoms with Crippen molar-refractivity contribution in [3.63, 3.8) is 0 Å². The van der Waals surface area contributed by atoms with E-state index < -0.39 is 24.4 Å². The number of hydrogen-bond acceptors (Lipinski definition) is 4. The topological polar surface area (TPSA) is 84.9 Å². The van der Waals surface area contributed by atoms with Gasteiger partial charge in [-0.15, -0.1) is 0 Å². The molecule has 1 aliphatic heterocycles. The lowest BCUT2D eigenvalue weighted by Gasteiger charge is -2.27. The highest BCUT2D eigenvalue weighted by Gasteiger charge is 2.30. The molecule has 2 N–H and O–H groups in total. The Hall–Kier alpha value is -2.22. The van der Waals surface area contributed by atoms with Crippen LogP contribution in [0.1, 0.15) is 23.2 Å². The lowest BCUT2D eigenvalue weighted by Crippen LogP contribution is -2.38. The van der Waals surface area contributed by atoms with Gasteiger partial charge < -0.3 is 19.9 Å². The number of amides is 1. The fraction of sp³-hybridized carbons (Fsp3) is 0.500. The smallest absolute Gasteiger partial charge is 0.387 e. The number of carboxylic acid groups (broad SMARTS) is 1. The molecule has 6 nitrogen and oxygen atoms in total. The summed E-state index contributed by atoms with van der Waals surface area (Å²) in [4.78, 5) is 23.5. The van der Waals surface area contributed by atoms with Gasteiger partial charge in [-0.2, -0.15) is 8.78 Å². The highest BCUT2D eigenvalue weighted by molar-refractivity contribution is 5.94. The molecule has 24 heavy (non-hydrogen) atoms. The molecular weight excluding hydrogens is 324 g/mol. The zero-order chi connectivity index (χ0) is 17.5. The molecule has 8 heteroatoms. The monoisotopic (exact) mass is 343 g/mol. The molecule has 0 bridgehead atoms. The van der Waals surface area contributed by atoms with Gasteiger partial charge in [-0.25, -0.2) is 0 Å². The summed E-state index contributed by atoms with van der Waals surface area (Å²) in [5.41, 5.74) is 0.243. The first-order chi connectivity index (χ1) is 11.5. The van der Waals surface area contributed by atoms with Gasteiger partial charge in [-0.1, -0.05) is 0 Å². The zero-order valence-corrected chi connectivity index (χ0v) is 12.9. The van der Waals surface area contributed by atoms with E-state index in [1.54, 1.807) is 0 Å². The third-order valence-electron chi connectivity index (χ3n) is 3.98. The summed E-state index contributed by atoms with van der Waals surface area (Å²) in [6, 6.07) is 5.21. The number of carbonyl (C=O) groups is 2. The van der Waals surface area contributed by atoms with E-state index in [0.29, 0.717) is 26.1 Å². The second-order valence-electron chi connectivity index (χ2n) is 5.51. The average Bonchev–Trinajstić information content (AvgIpc) is 2.55. The van der Waals surface area contributed by atoms with Gasteiger partial charge >= 0.3 is 12.6 Å². The molecule has 0 saturated carbocycles. The van der Waals surface area contributed by atoms with Crippen LogP contribution in [-0.4, -0.2) is 43.4 Å². The molecule has 1 heterocycles. The minimum Gasteiger partial charge on any atom is -0.481 e. The summed E-state index contributed by atoms with van der Waals surface area (Å²) in [7, 11) is 0. The van der Waals surface area contributed by atoms with E-state index in [4.69, 9.17) is 4.74 Å². The van der Waals surface area contributed by atoms with Gasteiger partial charge in [0.1, 0.15) is 5.75 Å². The maximum Gasteiger partial charge on any atom is 0.387 e. The Kier molecular flexibility index (Phi) is 6.48. The van der Waals surface area contributed by atoms with Gasteiger partial charge in [0, 0.05) is 25.3 Å². The SMILES string of the molecule is O=C(NCC(C(=O)O)C1CCOCC1)c1ccc(OC(F)F)cc1. The van der Waals surface area contributed by atoms with Crippen molar-refractivity contribution in [3.05, 3.63) is 29.8 Å². The minimum absolute atomic E-state index is 0.00805. The number of halogens is 2. The Morgan fingerprint density at radius 3 is 2.42 bits per heavy atom. The summed E-state index contributed by atoms with van der Waals surface area (Å²) in [5.74, 6) is -2.19. The summed E-state index contributed by atoms with van der Waals surface area (Å²) in [6.07, 6.45) is 1.29. The molecule has 132 valence electrons. The van der Waals surface area contributed by atoms with Gasteiger partial charge in [-0.3, -0.25) is 9.59 Å². The number of aliphatic carboxylic acids is 1. The van der Waals surface area contributed by atoms with Crippen LogP contribution in [0.25, 0.3) is 0 Å². The zero-order valence-electron chi connectivity index (χ0n) is 12.9. The maximum absolute atomic E-state index is 12.1. The van der Waals surface area contributed by atoms with Crippen LogP contribution in [0.15, 0.2) is 24.3 Å². The van der Waals surface area contributed by atoms with Crippen molar-refractivity contribution >= 4 is 11.9 Å². The Labute approximate surface area is 137 Å². The number of hydrogen-bond donors (Lipinski definition) is 2. The third-order valence-corrected chi connectivity index (χ3v) is 3.98. The van der Waals surface area contributed by atoms with Crippen LogP contribution < -0.4 is 10.1 Å². The van der Waals surface area contributed by atoms with Crippen LogP contribution in [0.5, 0.6) is 5.75 Å². The molecule has 1 aromatic carbocycles. The highest BCUT2D eigenvalue weighted by atomic mass is 19.3.